The van der Waals surface area contributed by atoms with Crippen LogP contribution in [0.15, 0.2) is 119 Å². The van der Waals surface area contributed by atoms with Gasteiger partial charge in [-0.3, -0.25) is 14.9 Å². The van der Waals surface area contributed by atoms with Gasteiger partial charge < -0.3 is 4.57 Å². The van der Waals surface area contributed by atoms with E-state index in [1.807, 2.05) is 109 Å². The number of aromatic nitrogens is 1. The minimum atomic E-state index is -2.81. The Morgan fingerprint density at radius 3 is 1.81 bits per heavy atom. The molecule has 37 heavy (non-hydrogen) atoms. The molecule has 1 aromatic heterocycles. The van der Waals surface area contributed by atoms with E-state index in [1.54, 1.807) is 4.57 Å². The summed E-state index contributed by atoms with van der Waals surface area (Å²) < 4.78 is 6.98. The zero-order valence-corrected chi connectivity index (χ0v) is 20.9. The van der Waals surface area contributed by atoms with Gasteiger partial charge in [-0.15, -0.1) is 0 Å². The van der Waals surface area contributed by atoms with Crippen molar-refractivity contribution in [3.63, 3.8) is 0 Å². The Balaban J connectivity index is 1.87. The fourth-order valence-electron chi connectivity index (χ4n) is 5.37. The number of nitro groups is 1. The zero-order valence-electron chi connectivity index (χ0n) is 20.0. The summed E-state index contributed by atoms with van der Waals surface area (Å²) in [6.45, 7) is 0.462. The minimum Gasteiger partial charge on any atom is -0.302 e. The highest BCUT2D eigenvalue weighted by Gasteiger charge is 2.33. The number of hydrogen-bond acceptors (Lipinski definition) is 4. The first kappa shape index (κ1) is 23.1. The Bertz CT molecular complexity index is 1640. The predicted octanol–water partition coefficient (Wildman–Crippen LogP) is 5.67. The largest absolute Gasteiger partial charge is 0.359 e. The normalized spacial score (nSPS) is 12.9. The molecule has 2 heterocycles. The van der Waals surface area contributed by atoms with Crippen LogP contribution in [0.2, 0.25) is 0 Å². The first-order valence-electron chi connectivity index (χ1n) is 12.2. The molecule has 0 unspecified atom stereocenters. The van der Waals surface area contributed by atoms with E-state index < -0.39 is 23.2 Å². The Morgan fingerprint density at radius 2 is 1.30 bits per heavy atom. The van der Waals surface area contributed by atoms with Gasteiger partial charge in [0.1, 0.15) is 0 Å². The molecule has 6 nitrogen and oxygen atoms in total. The van der Waals surface area contributed by atoms with Crippen molar-refractivity contribution in [2.75, 3.05) is 0 Å². The van der Waals surface area contributed by atoms with E-state index in [-0.39, 0.29) is 5.69 Å². The third kappa shape index (κ3) is 3.73. The summed E-state index contributed by atoms with van der Waals surface area (Å²) in [6.07, 6.45) is 1.60. The van der Waals surface area contributed by atoms with Crippen molar-refractivity contribution in [2.24, 2.45) is 4.74 Å². The van der Waals surface area contributed by atoms with Crippen LogP contribution in [0.4, 0.5) is 11.4 Å². The molecule has 6 rings (SSSR count). The van der Waals surface area contributed by atoms with E-state index in [0.29, 0.717) is 11.9 Å². The van der Waals surface area contributed by atoms with Gasteiger partial charge in [0.25, 0.3) is 0 Å². The highest BCUT2D eigenvalue weighted by molar-refractivity contribution is 7.87. The molecule has 1 aliphatic rings. The quantitative estimate of drug-likeness (QED) is 0.176. The topological polar surface area (TPSA) is 77.5 Å². The molecule has 0 amide bonds. The lowest BCUT2D eigenvalue weighted by molar-refractivity contribution is -0.385. The highest BCUT2D eigenvalue weighted by atomic mass is 31.2. The predicted molar refractivity (Wildman–Crippen MR) is 150 cm³/mol. The SMILES string of the molecule is O=c1c([N+](=O)[O-])c(N=P(c2ccccc2)(c2ccccc2)c2ccccc2)c2cccc3c2n1CCC3. The molecule has 0 fully saturated rings. The van der Waals surface area contributed by atoms with Crippen molar-refractivity contribution in [3.05, 3.63) is 135 Å². The summed E-state index contributed by atoms with van der Waals surface area (Å²) in [7, 11) is -2.81. The molecule has 0 atom stereocenters. The first-order chi connectivity index (χ1) is 18.1. The van der Waals surface area contributed by atoms with Crippen LogP contribution in [-0.2, 0) is 13.0 Å². The van der Waals surface area contributed by atoms with Crippen LogP contribution in [0.3, 0.4) is 0 Å². The number of hydrogen-bond donors (Lipinski definition) is 0. The molecular weight excluding hydrogens is 481 g/mol. The lowest BCUT2D eigenvalue weighted by Crippen LogP contribution is -2.27. The van der Waals surface area contributed by atoms with E-state index in [9.17, 15) is 14.9 Å². The van der Waals surface area contributed by atoms with Gasteiger partial charge in [-0.2, -0.15) is 0 Å². The van der Waals surface area contributed by atoms with Gasteiger partial charge in [0.05, 0.1) is 17.5 Å². The maximum atomic E-state index is 13.6. The third-order valence-corrected chi connectivity index (χ3v) is 10.6. The van der Waals surface area contributed by atoms with E-state index in [0.717, 1.165) is 39.8 Å². The number of pyridine rings is 1. The van der Waals surface area contributed by atoms with Crippen molar-refractivity contribution >= 4 is 45.2 Å². The fraction of sp³-hybridized carbons (Fsp3) is 0.100. The number of para-hydroxylation sites is 1. The molecule has 5 aromatic rings. The number of benzene rings is 4. The van der Waals surface area contributed by atoms with Crippen molar-refractivity contribution in [3.8, 4) is 0 Å². The maximum absolute atomic E-state index is 13.6. The molecule has 0 spiro atoms. The minimum absolute atomic E-state index is 0.162. The summed E-state index contributed by atoms with van der Waals surface area (Å²) >= 11 is 0. The summed E-state index contributed by atoms with van der Waals surface area (Å²) in [5.74, 6) is 0. The Kier molecular flexibility index (Phi) is 5.82. The van der Waals surface area contributed by atoms with Crippen molar-refractivity contribution < 1.29 is 4.92 Å². The maximum Gasteiger partial charge on any atom is 0.359 e. The van der Waals surface area contributed by atoms with E-state index in [2.05, 4.69) is 0 Å². The molecule has 0 aliphatic carbocycles. The van der Waals surface area contributed by atoms with Crippen LogP contribution in [0.25, 0.3) is 10.9 Å². The van der Waals surface area contributed by atoms with Crippen LogP contribution >= 0.6 is 7.05 Å². The van der Waals surface area contributed by atoms with Gasteiger partial charge in [0.2, 0.25) is 0 Å². The smallest absolute Gasteiger partial charge is 0.302 e. The van der Waals surface area contributed by atoms with Crippen molar-refractivity contribution in [1.82, 2.24) is 4.57 Å². The Labute approximate surface area is 214 Å². The molecule has 1 aliphatic heterocycles. The lowest BCUT2D eigenvalue weighted by atomic mass is 10.00. The molecule has 4 aromatic carbocycles. The van der Waals surface area contributed by atoms with Gasteiger partial charge in [-0.05, 0) is 18.4 Å². The monoisotopic (exact) mass is 505 g/mol. The van der Waals surface area contributed by atoms with Crippen molar-refractivity contribution in [1.29, 1.82) is 0 Å². The lowest BCUT2D eigenvalue weighted by Gasteiger charge is -2.27. The van der Waals surface area contributed by atoms with Gasteiger partial charge in [-0.1, -0.05) is 109 Å². The molecule has 0 saturated heterocycles. The number of aryl methyl sites for hydroxylation is 2. The molecule has 0 bridgehead atoms. The van der Waals surface area contributed by atoms with Gasteiger partial charge in [-0.25, -0.2) is 4.74 Å². The summed E-state index contributed by atoms with van der Waals surface area (Å²) in [6, 6.07) is 35.6. The van der Waals surface area contributed by atoms with E-state index in [1.165, 1.54) is 0 Å². The second-order valence-corrected chi connectivity index (χ2v) is 12.1. The first-order valence-corrected chi connectivity index (χ1v) is 14.0. The Morgan fingerprint density at radius 1 is 0.757 bits per heavy atom. The number of nitrogens with zero attached hydrogens (tertiary/aromatic N) is 3. The van der Waals surface area contributed by atoms with E-state index >= 15 is 0 Å². The summed E-state index contributed by atoms with van der Waals surface area (Å²) in [4.78, 5) is 25.6. The number of rotatable bonds is 5. The van der Waals surface area contributed by atoms with Crippen LogP contribution < -0.4 is 21.5 Å². The van der Waals surface area contributed by atoms with Crippen LogP contribution in [0, 0.1) is 10.1 Å². The second-order valence-electron chi connectivity index (χ2n) is 9.07. The van der Waals surface area contributed by atoms with Crippen LogP contribution in [0.1, 0.15) is 12.0 Å². The molecule has 182 valence electrons. The summed E-state index contributed by atoms with van der Waals surface area (Å²) in [5, 5.41) is 16.0. The van der Waals surface area contributed by atoms with Crippen molar-refractivity contribution in [2.45, 2.75) is 19.4 Å². The molecule has 0 N–H and O–H groups in total. The molecule has 0 saturated carbocycles. The van der Waals surface area contributed by atoms with E-state index in [4.69, 9.17) is 4.74 Å². The zero-order chi connectivity index (χ0) is 25.4. The van der Waals surface area contributed by atoms with Gasteiger partial charge in [0, 0.05) is 27.8 Å². The average Bonchev–Trinajstić information content (AvgIpc) is 2.95. The fourth-order valence-corrected chi connectivity index (χ4v) is 8.92. The highest BCUT2D eigenvalue weighted by Crippen LogP contribution is 2.52. The third-order valence-electron chi connectivity index (χ3n) is 6.97. The second kappa shape index (κ2) is 9.30. The van der Waals surface area contributed by atoms with Gasteiger partial charge in [0.15, 0.2) is 5.69 Å². The summed E-state index contributed by atoms with van der Waals surface area (Å²) in [5.41, 5.74) is 0.898. The molecular formula is C30H24N3O3P. The van der Waals surface area contributed by atoms with Crippen LogP contribution in [-0.4, -0.2) is 9.49 Å². The standard InChI is InChI=1S/C30H24N3O3P/c34-30-29(33(35)36)27(26-20-10-12-22-13-11-21-32(30)28(22)26)31-37(23-14-4-1-5-15-23,24-16-6-2-7-17-24)25-18-8-3-9-19-25/h1-10,12,14-20H,11,13,21H2. The average molecular weight is 506 g/mol. The van der Waals surface area contributed by atoms with Crippen LogP contribution in [0.5, 0.6) is 0 Å². The Hall–Kier alpha value is -4.28. The molecule has 7 heteroatoms. The molecule has 0 radical (unpaired) electrons. The van der Waals surface area contributed by atoms with Gasteiger partial charge >= 0.3 is 11.2 Å².